The third kappa shape index (κ3) is 4.20. The number of nitrogens with zero attached hydrogens (tertiary/aromatic N) is 1. The van der Waals surface area contributed by atoms with E-state index < -0.39 is 0 Å². The van der Waals surface area contributed by atoms with Crippen LogP contribution in [0.15, 0.2) is 18.2 Å². The highest BCUT2D eigenvalue weighted by Crippen LogP contribution is 2.18. The molecule has 0 atom stereocenters. The van der Waals surface area contributed by atoms with Gasteiger partial charge in [-0.2, -0.15) is 0 Å². The molecule has 1 aromatic rings. The summed E-state index contributed by atoms with van der Waals surface area (Å²) in [7, 11) is 0. The minimum Gasteiger partial charge on any atom is -0.310 e. The average Bonchev–Trinajstić information content (AvgIpc) is 2.40. The monoisotopic (exact) mass is 280 g/mol. The molecule has 1 aromatic carbocycles. The van der Waals surface area contributed by atoms with Gasteiger partial charge in [-0.15, -0.1) is 0 Å². The topological polar surface area (TPSA) is 15.3 Å². The molecule has 1 aliphatic rings. The number of benzene rings is 1. The van der Waals surface area contributed by atoms with Gasteiger partial charge in [0, 0.05) is 23.7 Å². The molecule has 0 unspecified atom stereocenters. The van der Waals surface area contributed by atoms with Crippen molar-refractivity contribution in [3.8, 4) is 0 Å². The summed E-state index contributed by atoms with van der Waals surface area (Å²) in [5, 5.41) is 4.53. The Bertz CT molecular complexity index is 409. The summed E-state index contributed by atoms with van der Waals surface area (Å²) in [4.78, 5) is 2.56. The van der Waals surface area contributed by atoms with Crippen LogP contribution in [0.4, 0.5) is 0 Å². The van der Waals surface area contributed by atoms with E-state index in [2.05, 4.69) is 42.3 Å². The quantitative estimate of drug-likeness (QED) is 0.906. The number of aryl methyl sites for hydroxylation is 1. The summed E-state index contributed by atoms with van der Waals surface area (Å²) >= 11 is 6.15. The van der Waals surface area contributed by atoms with Crippen LogP contribution >= 0.6 is 11.6 Å². The number of halogens is 1. The predicted molar refractivity (Wildman–Crippen MR) is 82.8 cm³/mol. The summed E-state index contributed by atoms with van der Waals surface area (Å²) in [6.45, 7) is 9.95. The number of rotatable bonds is 4. The first-order valence-corrected chi connectivity index (χ1v) is 7.66. The lowest BCUT2D eigenvalue weighted by atomic mass is 10.0. The Kier molecular flexibility index (Phi) is 5.26. The molecule has 1 N–H and O–H groups in total. The van der Waals surface area contributed by atoms with Crippen molar-refractivity contribution in [1.82, 2.24) is 10.2 Å². The van der Waals surface area contributed by atoms with Gasteiger partial charge in [0.15, 0.2) is 0 Å². The van der Waals surface area contributed by atoms with E-state index in [0.29, 0.717) is 12.1 Å². The third-order valence-electron chi connectivity index (χ3n) is 4.09. The van der Waals surface area contributed by atoms with Crippen LogP contribution in [0.3, 0.4) is 0 Å². The Balaban J connectivity index is 1.79. The van der Waals surface area contributed by atoms with Crippen molar-refractivity contribution in [3.63, 3.8) is 0 Å². The van der Waals surface area contributed by atoms with Crippen LogP contribution in [0.25, 0.3) is 0 Å². The van der Waals surface area contributed by atoms with Gasteiger partial charge in [0.1, 0.15) is 0 Å². The zero-order valence-corrected chi connectivity index (χ0v) is 13.0. The van der Waals surface area contributed by atoms with Crippen molar-refractivity contribution in [2.75, 3.05) is 13.1 Å². The molecule has 106 valence electrons. The first kappa shape index (κ1) is 14.8. The van der Waals surface area contributed by atoms with Gasteiger partial charge in [-0.3, -0.25) is 0 Å². The minimum atomic E-state index is 0.648. The molecular weight excluding hydrogens is 256 g/mol. The fourth-order valence-corrected chi connectivity index (χ4v) is 2.83. The molecule has 1 fully saturated rings. The normalized spacial score (nSPS) is 18.2. The lowest BCUT2D eigenvalue weighted by Crippen LogP contribution is -2.44. The second-order valence-electron chi connectivity index (χ2n) is 5.87. The Hall–Kier alpha value is -0.570. The molecule has 19 heavy (non-hydrogen) atoms. The first-order chi connectivity index (χ1) is 9.06. The van der Waals surface area contributed by atoms with Crippen molar-refractivity contribution in [2.45, 2.75) is 52.2 Å². The van der Waals surface area contributed by atoms with E-state index in [1.54, 1.807) is 0 Å². The highest BCUT2D eigenvalue weighted by molar-refractivity contribution is 6.31. The zero-order valence-electron chi connectivity index (χ0n) is 12.2. The third-order valence-corrected chi connectivity index (χ3v) is 4.50. The van der Waals surface area contributed by atoms with E-state index in [1.165, 1.54) is 31.5 Å². The molecule has 0 amide bonds. The molecule has 2 rings (SSSR count). The van der Waals surface area contributed by atoms with Crippen LogP contribution in [0.2, 0.25) is 5.02 Å². The molecule has 1 aliphatic heterocycles. The lowest BCUT2D eigenvalue weighted by Gasteiger charge is -2.35. The largest absolute Gasteiger partial charge is 0.310 e. The van der Waals surface area contributed by atoms with Gasteiger partial charge in [-0.1, -0.05) is 23.7 Å². The Labute approximate surface area is 122 Å². The second-order valence-corrected chi connectivity index (χ2v) is 6.28. The van der Waals surface area contributed by atoms with Crippen LogP contribution in [0, 0.1) is 6.92 Å². The summed E-state index contributed by atoms with van der Waals surface area (Å²) in [6.07, 6.45) is 2.50. The molecule has 0 aliphatic carbocycles. The summed E-state index contributed by atoms with van der Waals surface area (Å²) < 4.78 is 0. The highest BCUT2D eigenvalue weighted by Gasteiger charge is 2.20. The van der Waals surface area contributed by atoms with E-state index in [0.717, 1.165) is 17.1 Å². The molecule has 2 nitrogen and oxygen atoms in total. The predicted octanol–water partition coefficient (Wildman–Crippen LogP) is 3.61. The Morgan fingerprint density at radius 3 is 2.58 bits per heavy atom. The second kappa shape index (κ2) is 6.74. The van der Waals surface area contributed by atoms with Crippen LogP contribution in [0.1, 0.15) is 37.8 Å². The number of nitrogens with one attached hydrogen (secondary N) is 1. The molecule has 0 saturated carbocycles. The maximum absolute atomic E-state index is 6.15. The van der Waals surface area contributed by atoms with Gasteiger partial charge < -0.3 is 10.2 Å². The van der Waals surface area contributed by atoms with Crippen molar-refractivity contribution in [2.24, 2.45) is 0 Å². The van der Waals surface area contributed by atoms with Gasteiger partial charge >= 0.3 is 0 Å². The number of likely N-dealkylation sites (tertiary alicyclic amines) is 1. The maximum Gasteiger partial charge on any atom is 0.0438 e. The molecule has 1 saturated heterocycles. The van der Waals surface area contributed by atoms with Gasteiger partial charge in [-0.25, -0.2) is 0 Å². The van der Waals surface area contributed by atoms with E-state index in [9.17, 15) is 0 Å². The summed E-state index contributed by atoms with van der Waals surface area (Å²) in [6, 6.07) is 7.66. The molecule has 0 spiro atoms. The van der Waals surface area contributed by atoms with Gasteiger partial charge in [0.2, 0.25) is 0 Å². The minimum absolute atomic E-state index is 0.648. The fourth-order valence-electron chi connectivity index (χ4n) is 2.63. The van der Waals surface area contributed by atoms with Crippen molar-refractivity contribution < 1.29 is 0 Å². The Morgan fingerprint density at radius 1 is 1.32 bits per heavy atom. The average molecular weight is 281 g/mol. The van der Waals surface area contributed by atoms with E-state index in [-0.39, 0.29) is 0 Å². The molecular formula is C16H25ClN2. The van der Waals surface area contributed by atoms with Crippen molar-refractivity contribution in [3.05, 3.63) is 34.3 Å². The van der Waals surface area contributed by atoms with E-state index >= 15 is 0 Å². The van der Waals surface area contributed by atoms with Gasteiger partial charge in [-0.05, 0) is 63.9 Å². The summed E-state index contributed by atoms with van der Waals surface area (Å²) in [5.41, 5.74) is 2.43. The Morgan fingerprint density at radius 2 is 2.00 bits per heavy atom. The zero-order chi connectivity index (χ0) is 13.8. The van der Waals surface area contributed by atoms with Crippen LogP contribution in [0.5, 0.6) is 0 Å². The summed E-state index contributed by atoms with van der Waals surface area (Å²) in [5.74, 6) is 0. The smallest absolute Gasteiger partial charge is 0.0438 e. The number of hydrogen-bond donors (Lipinski definition) is 1. The van der Waals surface area contributed by atoms with Gasteiger partial charge in [0.05, 0.1) is 0 Å². The fraction of sp³-hybridized carbons (Fsp3) is 0.625. The molecule has 1 heterocycles. The number of piperidine rings is 1. The van der Waals surface area contributed by atoms with Gasteiger partial charge in [0.25, 0.3) is 0 Å². The van der Waals surface area contributed by atoms with Crippen molar-refractivity contribution >= 4 is 11.6 Å². The first-order valence-electron chi connectivity index (χ1n) is 7.28. The van der Waals surface area contributed by atoms with E-state index in [1.807, 2.05) is 6.92 Å². The number of hydrogen-bond acceptors (Lipinski definition) is 2. The standard InChI is InChI=1S/C16H25ClN2/c1-12(2)19-8-6-15(7-9-19)18-11-14-5-4-13(3)16(17)10-14/h4-5,10,12,15,18H,6-9,11H2,1-3H3. The maximum atomic E-state index is 6.15. The van der Waals surface area contributed by atoms with Crippen LogP contribution < -0.4 is 5.32 Å². The molecule has 0 radical (unpaired) electrons. The molecule has 0 bridgehead atoms. The van der Waals surface area contributed by atoms with Crippen molar-refractivity contribution in [1.29, 1.82) is 0 Å². The molecule has 3 heteroatoms. The van der Waals surface area contributed by atoms with Crippen LogP contribution in [-0.4, -0.2) is 30.1 Å². The SMILES string of the molecule is Cc1ccc(CNC2CCN(C(C)C)CC2)cc1Cl. The molecule has 0 aromatic heterocycles. The highest BCUT2D eigenvalue weighted by atomic mass is 35.5. The van der Waals surface area contributed by atoms with E-state index in [4.69, 9.17) is 11.6 Å². The van der Waals surface area contributed by atoms with Crippen LogP contribution in [-0.2, 0) is 6.54 Å². The lowest BCUT2D eigenvalue weighted by molar-refractivity contribution is 0.161.